The van der Waals surface area contributed by atoms with Crippen molar-refractivity contribution in [2.24, 2.45) is 17.6 Å². The number of benzene rings is 2. The van der Waals surface area contributed by atoms with Crippen molar-refractivity contribution in [1.82, 2.24) is 14.8 Å². The number of ether oxygens (including phenoxy) is 1. The highest BCUT2D eigenvalue weighted by molar-refractivity contribution is 5.87. The van der Waals surface area contributed by atoms with Gasteiger partial charge in [-0.25, -0.2) is 0 Å². The second kappa shape index (κ2) is 10.7. The lowest BCUT2D eigenvalue weighted by atomic mass is 9.85. The first-order valence-corrected chi connectivity index (χ1v) is 11.4. The Morgan fingerprint density at radius 1 is 1.06 bits per heavy atom. The molecule has 1 unspecified atom stereocenters. The van der Waals surface area contributed by atoms with Crippen LogP contribution < -0.4 is 5.73 Å². The van der Waals surface area contributed by atoms with Crippen molar-refractivity contribution in [1.29, 1.82) is 0 Å². The lowest BCUT2D eigenvalue weighted by Crippen LogP contribution is -2.39. The fourth-order valence-corrected chi connectivity index (χ4v) is 4.67. The van der Waals surface area contributed by atoms with E-state index in [-0.39, 0.29) is 23.7 Å². The lowest BCUT2D eigenvalue weighted by Gasteiger charge is -2.21. The fourth-order valence-electron chi connectivity index (χ4n) is 4.67. The average Bonchev–Trinajstić information content (AvgIpc) is 3.48. The van der Waals surface area contributed by atoms with Crippen molar-refractivity contribution in [3.63, 3.8) is 0 Å². The molecule has 3 aromatic rings. The predicted octanol–water partition coefficient (Wildman–Crippen LogP) is 3.73. The quantitative estimate of drug-likeness (QED) is 0.528. The molecule has 1 fully saturated rings. The van der Waals surface area contributed by atoms with Gasteiger partial charge in [-0.05, 0) is 49.7 Å². The van der Waals surface area contributed by atoms with E-state index in [1.807, 2.05) is 22.8 Å². The second-order valence-electron chi connectivity index (χ2n) is 8.94. The minimum Gasteiger partial charge on any atom is -0.374 e. The van der Waals surface area contributed by atoms with Crippen LogP contribution in [0.1, 0.15) is 36.0 Å². The van der Waals surface area contributed by atoms with Gasteiger partial charge in [0.15, 0.2) is 5.78 Å². The summed E-state index contributed by atoms with van der Waals surface area (Å²) in [7, 11) is 0. The third-order valence-electron chi connectivity index (χ3n) is 6.51. The number of hydrogen-bond donors (Lipinski definition) is 1. The number of carbonyl (C=O) groups excluding carboxylic acids is 1. The van der Waals surface area contributed by atoms with Gasteiger partial charge in [-0.3, -0.25) is 4.79 Å². The smallest absolute Gasteiger partial charge is 0.153 e. The topological polar surface area (TPSA) is 83.0 Å². The number of rotatable bonds is 10. The number of nitrogens with two attached hydrogens (primary N) is 1. The van der Waals surface area contributed by atoms with E-state index in [4.69, 9.17) is 10.5 Å². The Labute approximate surface area is 189 Å². The third kappa shape index (κ3) is 5.90. The van der Waals surface area contributed by atoms with Gasteiger partial charge in [0.2, 0.25) is 0 Å². The average molecular weight is 433 g/mol. The zero-order valence-corrected chi connectivity index (χ0v) is 18.6. The highest BCUT2D eigenvalue weighted by Crippen LogP contribution is 2.38. The van der Waals surface area contributed by atoms with Crippen LogP contribution in [0.15, 0.2) is 67.3 Å². The van der Waals surface area contributed by atoms with Gasteiger partial charge >= 0.3 is 0 Å². The van der Waals surface area contributed by atoms with E-state index in [0.717, 1.165) is 36.9 Å². The molecule has 0 spiro atoms. The van der Waals surface area contributed by atoms with Gasteiger partial charge in [0.05, 0.1) is 18.8 Å². The zero-order valence-electron chi connectivity index (χ0n) is 18.6. The molecule has 6 nitrogen and oxygen atoms in total. The van der Waals surface area contributed by atoms with Crippen molar-refractivity contribution in [3.8, 4) is 0 Å². The lowest BCUT2D eigenvalue weighted by molar-refractivity contribution is -0.125. The van der Waals surface area contributed by atoms with Crippen LogP contribution in [0.2, 0.25) is 0 Å². The Morgan fingerprint density at radius 3 is 2.50 bits per heavy atom. The maximum atomic E-state index is 13.4. The summed E-state index contributed by atoms with van der Waals surface area (Å²) in [6, 6.07) is 17.9. The van der Waals surface area contributed by atoms with E-state index >= 15 is 0 Å². The van der Waals surface area contributed by atoms with Crippen LogP contribution in [0.25, 0.3) is 0 Å². The van der Waals surface area contributed by atoms with Crippen LogP contribution >= 0.6 is 0 Å². The Hall–Kier alpha value is -2.83. The summed E-state index contributed by atoms with van der Waals surface area (Å²) in [6.45, 7) is 3.42. The molecule has 6 heteroatoms. The van der Waals surface area contributed by atoms with Crippen LogP contribution in [-0.4, -0.2) is 32.7 Å². The minimum atomic E-state index is -0.493. The maximum absolute atomic E-state index is 13.4. The normalized spacial score (nSPS) is 21.5. The van der Waals surface area contributed by atoms with Gasteiger partial charge in [-0.2, -0.15) is 0 Å². The Bertz CT molecular complexity index is 973. The van der Waals surface area contributed by atoms with E-state index in [1.54, 1.807) is 12.7 Å². The van der Waals surface area contributed by atoms with Crippen LogP contribution in [0.4, 0.5) is 0 Å². The molecule has 0 saturated heterocycles. The predicted molar refractivity (Wildman–Crippen MR) is 124 cm³/mol. The Kier molecular flexibility index (Phi) is 7.45. The number of aromatic nitrogens is 3. The van der Waals surface area contributed by atoms with Gasteiger partial charge < -0.3 is 15.0 Å². The molecule has 0 aliphatic heterocycles. The Balaban J connectivity index is 1.40. The van der Waals surface area contributed by atoms with Crippen LogP contribution in [0.3, 0.4) is 0 Å². The number of carbonyl (C=O) groups is 1. The molecule has 168 valence electrons. The van der Waals surface area contributed by atoms with Crippen LogP contribution in [0, 0.1) is 18.8 Å². The molecule has 2 aromatic carbocycles. The van der Waals surface area contributed by atoms with Crippen molar-refractivity contribution in [2.75, 3.05) is 0 Å². The summed E-state index contributed by atoms with van der Waals surface area (Å²) in [4.78, 5) is 13.4. The number of Topliss-reactive ketones (excluding diaryl/α,β-unsaturated/α-hetero) is 1. The summed E-state index contributed by atoms with van der Waals surface area (Å²) in [5, 5.41) is 7.76. The number of hydrogen-bond acceptors (Lipinski definition) is 5. The van der Waals surface area contributed by atoms with Gasteiger partial charge in [0, 0.05) is 12.5 Å². The Morgan fingerprint density at radius 2 is 1.78 bits per heavy atom. The van der Waals surface area contributed by atoms with Gasteiger partial charge in [0.25, 0.3) is 0 Å². The highest BCUT2D eigenvalue weighted by Gasteiger charge is 2.40. The van der Waals surface area contributed by atoms with E-state index in [2.05, 4.69) is 53.5 Å². The minimum absolute atomic E-state index is 0.0710. The third-order valence-corrected chi connectivity index (χ3v) is 6.51. The summed E-state index contributed by atoms with van der Waals surface area (Å²) < 4.78 is 8.19. The second-order valence-corrected chi connectivity index (χ2v) is 8.94. The van der Waals surface area contributed by atoms with E-state index < -0.39 is 6.04 Å². The van der Waals surface area contributed by atoms with E-state index in [0.29, 0.717) is 13.0 Å². The van der Waals surface area contributed by atoms with Gasteiger partial charge in [-0.15, -0.1) is 10.2 Å². The molecule has 1 aliphatic rings. The van der Waals surface area contributed by atoms with Crippen LogP contribution in [0.5, 0.6) is 0 Å². The molecular weight excluding hydrogens is 400 g/mol. The molecule has 4 atom stereocenters. The molecule has 4 rings (SSSR count). The molecule has 1 saturated carbocycles. The fraction of sp³-hybridized carbons (Fsp3) is 0.423. The highest BCUT2D eigenvalue weighted by atomic mass is 16.5. The van der Waals surface area contributed by atoms with E-state index in [9.17, 15) is 4.79 Å². The number of nitrogens with zero attached hydrogens (tertiary/aromatic N) is 3. The standard InChI is InChI=1S/C26H32N4O2/c1-19-7-9-20(10-8-19)13-25(27)26(31)24-15-23(32-16-21-5-3-2-4-6-21)14-22(24)11-12-30-17-28-29-18-30/h2-10,17-18,22-25H,11-16,27H2,1H3/t22-,23+,24?,25+/m0/s1. The first-order chi connectivity index (χ1) is 15.6. The zero-order chi connectivity index (χ0) is 22.3. The summed E-state index contributed by atoms with van der Waals surface area (Å²) in [5.41, 5.74) is 9.88. The molecule has 0 radical (unpaired) electrons. The summed E-state index contributed by atoms with van der Waals surface area (Å²) in [5.74, 6) is 0.326. The SMILES string of the molecule is Cc1ccc(C[C@@H](N)C(=O)C2C[C@H](OCc3ccccc3)C[C@@H]2CCn2cnnc2)cc1. The molecule has 0 bridgehead atoms. The number of aryl methyl sites for hydroxylation is 2. The van der Waals surface area contributed by atoms with Crippen molar-refractivity contribution >= 4 is 5.78 Å². The maximum Gasteiger partial charge on any atom is 0.153 e. The summed E-state index contributed by atoms with van der Waals surface area (Å²) in [6.07, 6.45) is 6.58. The van der Waals surface area contributed by atoms with Crippen LogP contribution in [-0.2, 0) is 29.1 Å². The monoisotopic (exact) mass is 432 g/mol. The molecule has 1 aliphatic carbocycles. The molecular formula is C26H32N4O2. The molecule has 2 N–H and O–H groups in total. The first kappa shape index (κ1) is 22.4. The number of ketones is 1. The van der Waals surface area contributed by atoms with Crippen molar-refractivity contribution in [3.05, 3.63) is 83.9 Å². The van der Waals surface area contributed by atoms with Crippen molar-refractivity contribution < 1.29 is 9.53 Å². The van der Waals surface area contributed by atoms with Gasteiger partial charge in [-0.1, -0.05) is 60.2 Å². The molecule has 32 heavy (non-hydrogen) atoms. The molecule has 1 heterocycles. The summed E-state index contributed by atoms with van der Waals surface area (Å²) >= 11 is 0. The molecule has 0 amide bonds. The van der Waals surface area contributed by atoms with E-state index in [1.165, 1.54) is 5.56 Å². The van der Waals surface area contributed by atoms with Gasteiger partial charge in [0.1, 0.15) is 12.7 Å². The first-order valence-electron chi connectivity index (χ1n) is 11.4. The van der Waals surface area contributed by atoms with Crippen molar-refractivity contribution in [2.45, 2.75) is 57.9 Å². The largest absolute Gasteiger partial charge is 0.374 e. The molecule has 1 aromatic heterocycles.